The number of urea groups is 1. The van der Waals surface area contributed by atoms with Crippen molar-refractivity contribution in [3.05, 3.63) is 12.7 Å². The molecule has 3 N–H and O–H groups in total. The summed E-state index contributed by atoms with van der Waals surface area (Å²) >= 11 is 0. The van der Waals surface area contributed by atoms with Crippen LogP contribution < -0.4 is 5.32 Å². The molecule has 0 aromatic carbocycles. The monoisotopic (exact) mass is 272 g/mol. The highest BCUT2D eigenvalue weighted by atomic mass is 16.5. The quantitative estimate of drug-likeness (QED) is 0.602. The van der Waals surface area contributed by atoms with Crippen LogP contribution in [0.3, 0.4) is 0 Å². The zero-order chi connectivity index (χ0) is 14.4. The van der Waals surface area contributed by atoms with Gasteiger partial charge in [-0.3, -0.25) is 0 Å². The topological polar surface area (TPSA) is 99.1 Å². The summed E-state index contributed by atoms with van der Waals surface area (Å²) in [6, 6.07) is -1.63. The lowest BCUT2D eigenvalue weighted by Gasteiger charge is -2.37. The molecule has 1 fully saturated rings. The Morgan fingerprint density at radius 1 is 1.63 bits per heavy atom. The van der Waals surface area contributed by atoms with E-state index in [1.165, 1.54) is 11.0 Å². The van der Waals surface area contributed by atoms with Gasteiger partial charge < -0.3 is 25.2 Å². The summed E-state index contributed by atoms with van der Waals surface area (Å²) in [5, 5.41) is 20.5. The van der Waals surface area contributed by atoms with Gasteiger partial charge in [0.1, 0.15) is 6.04 Å². The summed E-state index contributed by atoms with van der Waals surface area (Å²) in [5.41, 5.74) is 0. The first-order chi connectivity index (χ1) is 8.99. The molecule has 0 aliphatic carbocycles. The predicted octanol–water partition coefficient (Wildman–Crippen LogP) is -0.193. The Morgan fingerprint density at radius 2 is 2.32 bits per heavy atom. The lowest BCUT2D eigenvalue weighted by atomic mass is 10.2. The smallest absolute Gasteiger partial charge is 0.326 e. The van der Waals surface area contributed by atoms with Gasteiger partial charge >= 0.3 is 12.0 Å². The van der Waals surface area contributed by atoms with E-state index in [0.717, 1.165) is 0 Å². The fraction of sp³-hybridized carbons (Fsp3) is 0.667. The van der Waals surface area contributed by atoms with E-state index in [-0.39, 0.29) is 25.6 Å². The van der Waals surface area contributed by atoms with Gasteiger partial charge in [-0.05, 0) is 13.3 Å². The molecule has 1 heterocycles. The normalized spacial score (nSPS) is 24.6. The maximum atomic E-state index is 12.0. The zero-order valence-corrected chi connectivity index (χ0v) is 10.9. The first-order valence-electron chi connectivity index (χ1n) is 6.12. The van der Waals surface area contributed by atoms with Gasteiger partial charge in [0.05, 0.1) is 31.9 Å². The highest BCUT2D eigenvalue weighted by Gasteiger charge is 2.31. The molecular weight excluding hydrogens is 252 g/mol. The van der Waals surface area contributed by atoms with Crippen molar-refractivity contribution in [2.75, 3.05) is 19.8 Å². The molecule has 1 aliphatic heterocycles. The highest BCUT2D eigenvalue weighted by molar-refractivity contribution is 5.82. The number of carboxylic acids is 1. The van der Waals surface area contributed by atoms with E-state index in [4.69, 9.17) is 14.9 Å². The van der Waals surface area contributed by atoms with Crippen LogP contribution in [-0.2, 0) is 9.53 Å². The Morgan fingerprint density at radius 3 is 2.84 bits per heavy atom. The molecule has 1 aliphatic rings. The second kappa shape index (κ2) is 7.10. The Balaban J connectivity index is 2.64. The minimum absolute atomic E-state index is 0.156. The molecule has 0 radical (unpaired) electrons. The summed E-state index contributed by atoms with van der Waals surface area (Å²) in [7, 11) is 0. The standard InChI is InChI=1S/C12H20N2O5/c1-3-4-10(11(16)17)13-12(18)14-5-9(6-15)19-7-8(14)2/h3,8-10,15H,1,4-7H2,2H3,(H,13,18)(H,16,17). The van der Waals surface area contributed by atoms with Gasteiger partial charge in [0, 0.05) is 0 Å². The molecule has 3 atom stereocenters. The number of hydrogen-bond donors (Lipinski definition) is 3. The van der Waals surface area contributed by atoms with E-state index in [2.05, 4.69) is 11.9 Å². The van der Waals surface area contributed by atoms with E-state index in [9.17, 15) is 9.59 Å². The number of carboxylic acid groups (broad SMARTS) is 1. The Kier molecular flexibility index (Phi) is 5.78. The summed E-state index contributed by atoms with van der Waals surface area (Å²) in [6.45, 7) is 5.65. The highest BCUT2D eigenvalue weighted by Crippen LogP contribution is 2.12. The molecule has 1 saturated heterocycles. The molecule has 19 heavy (non-hydrogen) atoms. The van der Waals surface area contributed by atoms with E-state index in [0.29, 0.717) is 6.61 Å². The number of hydrogen-bond acceptors (Lipinski definition) is 4. The van der Waals surface area contributed by atoms with Crippen molar-refractivity contribution in [3.8, 4) is 0 Å². The van der Waals surface area contributed by atoms with Crippen LogP contribution in [0.1, 0.15) is 13.3 Å². The number of nitrogens with zero attached hydrogens (tertiary/aromatic N) is 1. The second-order valence-electron chi connectivity index (χ2n) is 4.50. The van der Waals surface area contributed by atoms with Gasteiger partial charge in [-0.2, -0.15) is 0 Å². The Bertz CT molecular complexity index is 347. The average molecular weight is 272 g/mol. The first kappa shape index (κ1) is 15.5. The van der Waals surface area contributed by atoms with E-state index in [1.54, 1.807) is 6.92 Å². The molecule has 0 aromatic rings. The minimum atomic E-state index is -1.10. The number of amides is 2. The van der Waals surface area contributed by atoms with Crippen LogP contribution >= 0.6 is 0 Å². The summed E-state index contributed by atoms with van der Waals surface area (Å²) in [5.74, 6) is -1.10. The number of rotatable bonds is 5. The number of aliphatic carboxylic acids is 1. The van der Waals surface area contributed by atoms with Crippen LogP contribution in [0.2, 0.25) is 0 Å². The van der Waals surface area contributed by atoms with Gasteiger partial charge in [-0.25, -0.2) is 9.59 Å². The van der Waals surface area contributed by atoms with Crippen molar-refractivity contribution < 1.29 is 24.5 Å². The summed E-state index contributed by atoms with van der Waals surface area (Å²) in [6.07, 6.45) is 1.17. The third-order valence-corrected chi connectivity index (χ3v) is 2.97. The van der Waals surface area contributed by atoms with Crippen molar-refractivity contribution in [2.45, 2.75) is 31.5 Å². The van der Waals surface area contributed by atoms with Gasteiger partial charge in [-0.15, -0.1) is 6.58 Å². The summed E-state index contributed by atoms with van der Waals surface area (Å²) in [4.78, 5) is 24.5. The molecule has 7 heteroatoms. The molecule has 0 spiro atoms. The number of ether oxygens (including phenoxy) is 1. The lowest BCUT2D eigenvalue weighted by Crippen LogP contribution is -2.57. The number of carbonyl (C=O) groups excluding carboxylic acids is 1. The third-order valence-electron chi connectivity index (χ3n) is 2.97. The van der Waals surface area contributed by atoms with Crippen LogP contribution in [0.5, 0.6) is 0 Å². The predicted molar refractivity (Wildman–Crippen MR) is 67.8 cm³/mol. The number of nitrogens with one attached hydrogen (secondary N) is 1. The number of carbonyl (C=O) groups is 2. The molecule has 1 rings (SSSR count). The van der Waals surface area contributed by atoms with E-state index in [1.807, 2.05) is 0 Å². The molecule has 2 amide bonds. The molecule has 0 saturated carbocycles. The average Bonchev–Trinajstić information content (AvgIpc) is 2.38. The van der Waals surface area contributed by atoms with Crippen molar-refractivity contribution in [3.63, 3.8) is 0 Å². The lowest BCUT2D eigenvalue weighted by molar-refractivity contribution is -0.139. The van der Waals surface area contributed by atoms with Crippen LogP contribution in [-0.4, -0.2) is 65.1 Å². The largest absolute Gasteiger partial charge is 0.480 e. The molecule has 0 aromatic heterocycles. The van der Waals surface area contributed by atoms with Gasteiger partial charge in [0.2, 0.25) is 0 Å². The zero-order valence-electron chi connectivity index (χ0n) is 10.9. The van der Waals surface area contributed by atoms with E-state index < -0.39 is 24.1 Å². The van der Waals surface area contributed by atoms with Crippen molar-refractivity contribution in [1.82, 2.24) is 10.2 Å². The third kappa shape index (κ3) is 4.22. The van der Waals surface area contributed by atoms with Gasteiger partial charge in [0.15, 0.2) is 0 Å². The molecule has 108 valence electrons. The van der Waals surface area contributed by atoms with Crippen LogP contribution in [0, 0.1) is 0 Å². The number of aliphatic hydroxyl groups is 1. The molecule has 3 unspecified atom stereocenters. The van der Waals surface area contributed by atoms with Gasteiger partial charge in [-0.1, -0.05) is 6.08 Å². The number of aliphatic hydroxyl groups excluding tert-OH is 1. The SMILES string of the molecule is C=CCC(NC(=O)N1CC(CO)OCC1C)C(=O)O. The van der Waals surface area contributed by atoms with Crippen molar-refractivity contribution in [1.29, 1.82) is 0 Å². The molecule has 0 bridgehead atoms. The summed E-state index contributed by atoms with van der Waals surface area (Å²) < 4.78 is 5.32. The van der Waals surface area contributed by atoms with Crippen molar-refractivity contribution >= 4 is 12.0 Å². The van der Waals surface area contributed by atoms with Gasteiger partial charge in [0.25, 0.3) is 0 Å². The van der Waals surface area contributed by atoms with Crippen LogP contribution in [0.25, 0.3) is 0 Å². The van der Waals surface area contributed by atoms with Crippen molar-refractivity contribution in [2.24, 2.45) is 0 Å². The second-order valence-corrected chi connectivity index (χ2v) is 4.50. The number of morpholine rings is 1. The maximum absolute atomic E-state index is 12.0. The Hall–Kier alpha value is -1.60. The Labute approximate surface area is 111 Å². The minimum Gasteiger partial charge on any atom is -0.480 e. The fourth-order valence-corrected chi connectivity index (χ4v) is 1.83. The fourth-order valence-electron chi connectivity index (χ4n) is 1.83. The van der Waals surface area contributed by atoms with Crippen LogP contribution in [0.15, 0.2) is 12.7 Å². The van der Waals surface area contributed by atoms with E-state index >= 15 is 0 Å². The maximum Gasteiger partial charge on any atom is 0.326 e. The first-order valence-corrected chi connectivity index (χ1v) is 6.12. The molecule has 7 nitrogen and oxygen atoms in total. The van der Waals surface area contributed by atoms with Crippen LogP contribution in [0.4, 0.5) is 4.79 Å². The molecular formula is C12H20N2O5.